The maximum absolute atomic E-state index is 11.8. The summed E-state index contributed by atoms with van der Waals surface area (Å²) in [6, 6.07) is 14.1. The van der Waals surface area contributed by atoms with E-state index in [-0.39, 0.29) is 11.6 Å². The number of hydrogen-bond acceptors (Lipinski definition) is 4. The van der Waals surface area contributed by atoms with E-state index in [1.165, 1.54) is 4.68 Å². The minimum absolute atomic E-state index is 0.110. The van der Waals surface area contributed by atoms with Crippen LogP contribution in [0.5, 0.6) is 0 Å². The molecule has 1 atom stereocenters. The Balaban J connectivity index is 0.000000292. The number of likely N-dealkylation sites (N-methyl/N-ethyl adjacent to an activating group) is 1. The van der Waals surface area contributed by atoms with E-state index in [1.807, 2.05) is 56.6 Å². The summed E-state index contributed by atoms with van der Waals surface area (Å²) in [6.45, 7) is 2.99. The average molecular weight is 327 g/mol. The lowest BCUT2D eigenvalue weighted by atomic mass is 10.3. The van der Waals surface area contributed by atoms with Gasteiger partial charge in [-0.2, -0.15) is 5.10 Å². The third-order valence-corrected chi connectivity index (χ3v) is 3.45. The van der Waals surface area contributed by atoms with Gasteiger partial charge in [0.2, 0.25) is 0 Å². The van der Waals surface area contributed by atoms with Crippen LogP contribution < -0.4 is 10.9 Å². The lowest BCUT2D eigenvalue weighted by molar-refractivity contribution is 0.391. The molecule has 2 aromatic heterocycles. The van der Waals surface area contributed by atoms with E-state index < -0.39 is 0 Å². The van der Waals surface area contributed by atoms with Crippen LogP contribution in [0.2, 0.25) is 0 Å². The molecule has 0 aliphatic carbocycles. The molecule has 3 rings (SSSR count). The van der Waals surface area contributed by atoms with Gasteiger partial charge in [0, 0.05) is 31.2 Å². The number of nitrogens with zero attached hydrogens (tertiary/aromatic N) is 3. The molecule has 0 spiro atoms. The molecule has 128 valence electrons. The van der Waals surface area contributed by atoms with Crippen molar-refractivity contribution in [1.29, 1.82) is 0 Å². The van der Waals surface area contributed by atoms with Crippen LogP contribution in [0.15, 0.2) is 53.5 Å². The largest absolute Gasteiger partial charge is 0.364 e. The molecule has 0 aliphatic rings. The smallest absolute Gasteiger partial charge is 0.290 e. The molecule has 0 aliphatic heterocycles. The number of nitrogens with one attached hydrogen (secondary N) is 2. The zero-order valence-corrected chi connectivity index (χ0v) is 14.7. The van der Waals surface area contributed by atoms with Gasteiger partial charge in [0.1, 0.15) is 5.52 Å². The number of aryl methyl sites for hydroxylation is 1. The van der Waals surface area contributed by atoms with E-state index in [9.17, 15) is 4.79 Å². The van der Waals surface area contributed by atoms with E-state index in [2.05, 4.69) is 27.2 Å². The summed E-state index contributed by atoms with van der Waals surface area (Å²) in [7, 11) is 5.71. The zero-order valence-electron chi connectivity index (χ0n) is 14.7. The molecule has 2 heterocycles. The van der Waals surface area contributed by atoms with Gasteiger partial charge < -0.3 is 15.2 Å². The van der Waals surface area contributed by atoms with E-state index in [4.69, 9.17) is 0 Å². The highest BCUT2D eigenvalue weighted by atomic mass is 16.1. The molecule has 3 aromatic rings. The maximum Gasteiger partial charge on any atom is 0.290 e. The summed E-state index contributed by atoms with van der Waals surface area (Å²) in [5.41, 5.74) is 0.480. The van der Waals surface area contributed by atoms with Gasteiger partial charge in [-0.05, 0) is 27.1 Å². The van der Waals surface area contributed by atoms with E-state index in [1.54, 1.807) is 13.2 Å². The first-order valence-electron chi connectivity index (χ1n) is 7.94. The highest BCUT2D eigenvalue weighted by molar-refractivity contribution is 5.88. The summed E-state index contributed by atoms with van der Waals surface area (Å²) in [5.74, 6) is 0.739. The number of rotatable bonds is 4. The number of fused-ring (bicyclic) bond motifs is 1. The molecular weight excluding hydrogens is 302 g/mol. The lowest BCUT2D eigenvalue weighted by Crippen LogP contribution is -2.31. The Kier molecular flexibility index (Phi) is 6.14. The van der Waals surface area contributed by atoms with Gasteiger partial charge >= 0.3 is 0 Å². The molecule has 1 aromatic carbocycles. The van der Waals surface area contributed by atoms with Crippen molar-refractivity contribution < 1.29 is 0 Å². The van der Waals surface area contributed by atoms with E-state index in [0.717, 1.165) is 17.7 Å². The van der Waals surface area contributed by atoms with E-state index >= 15 is 0 Å². The number of benzene rings is 1. The van der Waals surface area contributed by atoms with Gasteiger partial charge in [-0.15, -0.1) is 0 Å². The summed E-state index contributed by atoms with van der Waals surface area (Å²) in [4.78, 5) is 16.9. The van der Waals surface area contributed by atoms with Gasteiger partial charge in [-0.1, -0.05) is 36.4 Å². The number of aromatic nitrogens is 3. The van der Waals surface area contributed by atoms with Crippen molar-refractivity contribution in [2.45, 2.75) is 13.0 Å². The van der Waals surface area contributed by atoms with Gasteiger partial charge in [0.25, 0.3) is 5.56 Å². The molecule has 2 N–H and O–H groups in total. The highest BCUT2D eigenvalue weighted by Gasteiger charge is 2.12. The van der Waals surface area contributed by atoms with Crippen LogP contribution >= 0.6 is 0 Å². The summed E-state index contributed by atoms with van der Waals surface area (Å²) in [5, 5.41) is 8.45. The first kappa shape index (κ1) is 17.7. The van der Waals surface area contributed by atoms with Crippen molar-refractivity contribution in [3.63, 3.8) is 0 Å². The van der Waals surface area contributed by atoms with Crippen LogP contribution in [0.3, 0.4) is 0 Å². The van der Waals surface area contributed by atoms with Crippen LogP contribution in [-0.2, 0) is 7.05 Å². The summed E-state index contributed by atoms with van der Waals surface area (Å²) >= 11 is 0. The standard InChI is InChI=1S/C12H19N5O.C6H6/c1-8(7-16(2)3)14-11-9-5-6-13-10(9)12(18)17(4)15-11;1-2-4-6-5-3-1/h5-6,8,13H,7H2,1-4H3,(H,14,15);1-6H. The van der Waals surface area contributed by atoms with Crippen LogP contribution in [0.25, 0.3) is 10.9 Å². The van der Waals surface area contributed by atoms with Crippen molar-refractivity contribution in [2.24, 2.45) is 7.05 Å². The number of anilines is 1. The van der Waals surface area contributed by atoms with E-state index in [0.29, 0.717) is 5.52 Å². The van der Waals surface area contributed by atoms with Crippen molar-refractivity contribution in [2.75, 3.05) is 26.0 Å². The molecular formula is C18H25N5O. The molecule has 0 saturated carbocycles. The molecule has 0 fully saturated rings. The Morgan fingerprint density at radius 1 is 1.21 bits per heavy atom. The van der Waals surface area contributed by atoms with Gasteiger partial charge in [-0.3, -0.25) is 4.79 Å². The second-order valence-electron chi connectivity index (χ2n) is 6.01. The first-order chi connectivity index (χ1) is 11.5. The molecule has 0 radical (unpaired) electrons. The molecule has 0 bridgehead atoms. The Labute approximate surface area is 142 Å². The first-order valence-corrected chi connectivity index (χ1v) is 7.94. The van der Waals surface area contributed by atoms with Gasteiger partial charge in [0.05, 0.1) is 0 Å². The molecule has 6 heteroatoms. The SMILES string of the molecule is CC(CN(C)C)Nc1nn(C)c(=O)c2[nH]ccc12.c1ccccc1. The minimum atomic E-state index is -0.110. The molecule has 1 unspecified atom stereocenters. The number of hydrogen-bond donors (Lipinski definition) is 2. The molecule has 24 heavy (non-hydrogen) atoms. The zero-order chi connectivity index (χ0) is 17.5. The monoisotopic (exact) mass is 327 g/mol. The second-order valence-corrected chi connectivity index (χ2v) is 6.01. The fourth-order valence-corrected chi connectivity index (χ4v) is 2.47. The quantitative estimate of drug-likeness (QED) is 0.772. The summed E-state index contributed by atoms with van der Waals surface area (Å²) < 4.78 is 1.35. The average Bonchev–Trinajstić information content (AvgIpc) is 3.04. The third-order valence-electron chi connectivity index (χ3n) is 3.45. The third kappa shape index (κ3) is 4.70. The highest BCUT2D eigenvalue weighted by Crippen LogP contribution is 2.17. The lowest BCUT2D eigenvalue weighted by Gasteiger charge is -2.19. The molecule has 6 nitrogen and oxygen atoms in total. The predicted molar refractivity (Wildman–Crippen MR) is 99.4 cm³/mol. The van der Waals surface area contributed by atoms with Crippen molar-refractivity contribution >= 4 is 16.7 Å². The van der Waals surface area contributed by atoms with Crippen LogP contribution in [0.1, 0.15) is 6.92 Å². The normalized spacial score (nSPS) is 11.9. The minimum Gasteiger partial charge on any atom is -0.364 e. The Bertz CT molecular complexity index is 780. The van der Waals surface area contributed by atoms with Gasteiger partial charge in [-0.25, -0.2) is 4.68 Å². The van der Waals surface area contributed by atoms with Crippen molar-refractivity contribution in [1.82, 2.24) is 19.7 Å². The van der Waals surface area contributed by atoms with Crippen LogP contribution in [-0.4, -0.2) is 46.3 Å². The Hall–Kier alpha value is -2.60. The number of aromatic amines is 1. The van der Waals surface area contributed by atoms with Crippen molar-refractivity contribution in [3.05, 3.63) is 59.0 Å². The second kappa shape index (κ2) is 8.31. The molecule has 0 saturated heterocycles. The van der Waals surface area contributed by atoms with Crippen LogP contribution in [0.4, 0.5) is 5.82 Å². The topological polar surface area (TPSA) is 66.0 Å². The predicted octanol–water partition coefficient (Wildman–Crippen LogP) is 2.31. The van der Waals surface area contributed by atoms with Crippen molar-refractivity contribution in [3.8, 4) is 0 Å². The Morgan fingerprint density at radius 2 is 1.79 bits per heavy atom. The van der Waals surface area contributed by atoms with Crippen LogP contribution in [0, 0.1) is 0 Å². The fraction of sp³-hybridized carbons (Fsp3) is 0.333. The maximum atomic E-state index is 11.8. The van der Waals surface area contributed by atoms with Gasteiger partial charge in [0.15, 0.2) is 5.82 Å². The molecule has 0 amide bonds. The fourth-order valence-electron chi connectivity index (χ4n) is 2.47. The Morgan fingerprint density at radius 3 is 2.33 bits per heavy atom. The number of H-pyrrole nitrogens is 1. The summed E-state index contributed by atoms with van der Waals surface area (Å²) in [6.07, 6.45) is 1.76.